The van der Waals surface area contributed by atoms with Crippen LogP contribution in [0, 0.1) is 5.92 Å². The van der Waals surface area contributed by atoms with Gasteiger partial charge in [0.1, 0.15) is 0 Å². The van der Waals surface area contributed by atoms with Gasteiger partial charge in [0.05, 0.1) is 24.7 Å². The Morgan fingerprint density at radius 1 is 0.333 bits per heavy atom. The summed E-state index contributed by atoms with van der Waals surface area (Å²) in [5, 5.41) is 0. The quantitative estimate of drug-likeness (QED) is 0.0457. The molecule has 2 unspecified atom stereocenters. The van der Waals surface area contributed by atoms with Crippen LogP contribution in [0.2, 0.25) is 0 Å². The number of carbonyl (C=O) groups excluding carboxylic acids is 1. The molecule has 0 spiro atoms. The Labute approximate surface area is 340 Å². The monoisotopic (exact) mass is 765 g/mol. The molecule has 0 saturated heterocycles. The van der Waals surface area contributed by atoms with E-state index in [2.05, 4.69) is 34.6 Å². The van der Waals surface area contributed by atoms with Gasteiger partial charge in [0.2, 0.25) is 0 Å². The molecule has 0 radical (unpaired) electrons. The first-order chi connectivity index (χ1) is 26.6. The van der Waals surface area contributed by atoms with Crippen LogP contribution in [0.4, 0.5) is 0 Å². The molecule has 0 amide bonds. The zero-order valence-electron chi connectivity index (χ0n) is 37.9. The molecule has 0 rings (SSSR count). The minimum absolute atomic E-state index is 0.0240. The maximum Gasteiger partial charge on any atom is 0.308 e. The average molecular weight is 765 g/mol. The number of esters is 1. The van der Waals surface area contributed by atoms with E-state index >= 15 is 0 Å². The predicted molar refractivity (Wildman–Crippen MR) is 238 cm³/mol. The third-order valence-corrected chi connectivity index (χ3v) is 11.8. The lowest BCUT2D eigenvalue weighted by atomic mass is 9.92. The molecular weight excluding hydrogens is 665 g/mol. The fourth-order valence-corrected chi connectivity index (χ4v) is 8.20. The Hall–Kier alpha value is -0.610. The molecule has 0 aromatic carbocycles. The van der Waals surface area contributed by atoms with Crippen molar-refractivity contribution >= 4 is 5.97 Å². The highest BCUT2D eigenvalue weighted by molar-refractivity contribution is 5.72. The topological polar surface area (TPSA) is 44.8 Å². The van der Waals surface area contributed by atoms with Crippen LogP contribution in [0.25, 0.3) is 0 Å². The Bertz CT molecular complexity index is 667. The third-order valence-electron chi connectivity index (χ3n) is 11.8. The first kappa shape index (κ1) is 53.4. The minimum Gasteiger partial charge on any atom is -0.465 e. The molecule has 0 aromatic heterocycles. The van der Waals surface area contributed by atoms with Gasteiger partial charge in [-0.15, -0.1) is 0 Å². The lowest BCUT2D eigenvalue weighted by Gasteiger charge is -2.23. The lowest BCUT2D eigenvalue weighted by Crippen LogP contribution is -2.24. The van der Waals surface area contributed by atoms with E-state index in [9.17, 15) is 4.79 Å². The molecule has 0 bridgehead atoms. The third kappa shape index (κ3) is 38.3. The van der Waals surface area contributed by atoms with E-state index in [0.29, 0.717) is 6.61 Å². The number of hydrogen-bond donors (Lipinski definition) is 0. The summed E-state index contributed by atoms with van der Waals surface area (Å²) in [5.74, 6) is -0.0229. The van der Waals surface area contributed by atoms with Gasteiger partial charge in [-0.2, -0.15) is 0 Å². The zero-order valence-corrected chi connectivity index (χ0v) is 37.9. The summed E-state index contributed by atoms with van der Waals surface area (Å²) >= 11 is 0. The lowest BCUT2D eigenvalue weighted by molar-refractivity contribution is -0.149. The van der Waals surface area contributed by atoms with Crippen molar-refractivity contribution in [1.29, 1.82) is 0 Å². The molecule has 0 aliphatic rings. The molecule has 0 aliphatic heterocycles. The highest BCUT2D eigenvalue weighted by Gasteiger charge is 2.24. The van der Waals surface area contributed by atoms with Crippen LogP contribution in [-0.2, 0) is 19.0 Å². The second-order valence-electron chi connectivity index (χ2n) is 17.0. The fourth-order valence-electron chi connectivity index (χ4n) is 8.20. The van der Waals surface area contributed by atoms with Gasteiger partial charge in [0, 0.05) is 13.2 Å². The van der Waals surface area contributed by atoms with Crippen molar-refractivity contribution in [2.75, 3.05) is 19.8 Å². The number of unbranched alkanes of at least 4 members (excludes halogenated alkanes) is 29. The number of ether oxygens (including phenoxy) is 3. The van der Waals surface area contributed by atoms with Gasteiger partial charge < -0.3 is 14.2 Å². The van der Waals surface area contributed by atoms with Crippen molar-refractivity contribution in [3.05, 3.63) is 0 Å². The molecule has 0 aromatic rings. The molecule has 4 nitrogen and oxygen atoms in total. The molecule has 2 atom stereocenters. The van der Waals surface area contributed by atoms with E-state index in [4.69, 9.17) is 14.2 Å². The summed E-state index contributed by atoms with van der Waals surface area (Å²) in [4.78, 5) is 13.5. The maximum atomic E-state index is 13.5. The van der Waals surface area contributed by atoms with E-state index in [1.807, 2.05) is 0 Å². The van der Waals surface area contributed by atoms with Crippen LogP contribution in [0.1, 0.15) is 279 Å². The van der Waals surface area contributed by atoms with Crippen LogP contribution < -0.4 is 0 Å². The van der Waals surface area contributed by atoms with Crippen LogP contribution in [-0.4, -0.2) is 38.0 Å². The minimum atomic E-state index is -0.0470. The summed E-state index contributed by atoms with van der Waals surface area (Å²) in [5.41, 5.74) is 0. The van der Waals surface area contributed by atoms with Crippen molar-refractivity contribution in [3.8, 4) is 0 Å². The normalized spacial score (nSPS) is 13.4. The molecule has 0 N–H and O–H groups in total. The second kappa shape index (κ2) is 45.1. The summed E-state index contributed by atoms with van der Waals surface area (Å²) < 4.78 is 18.4. The first-order valence-electron chi connectivity index (χ1n) is 25.0. The van der Waals surface area contributed by atoms with Gasteiger partial charge >= 0.3 is 5.97 Å². The molecule has 0 fully saturated rings. The van der Waals surface area contributed by atoms with Gasteiger partial charge in [0.15, 0.2) is 0 Å². The molecule has 0 saturated carbocycles. The van der Waals surface area contributed by atoms with Crippen LogP contribution in [0.5, 0.6) is 0 Å². The van der Waals surface area contributed by atoms with E-state index in [0.717, 1.165) is 64.6 Å². The molecule has 324 valence electrons. The first-order valence-corrected chi connectivity index (χ1v) is 25.0. The average Bonchev–Trinajstić information content (AvgIpc) is 3.17. The van der Waals surface area contributed by atoms with Crippen molar-refractivity contribution in [2.45, 2.75) is 291 Å². The number of hydrogen-bond acceptors (Lipinski definition) is 4. The van der Waals surface area contributed by atoms with Crippen molar-refractivity contribution in [1.82, 2.24) is 0 Å². The fraction of sp³-hybridized carbons (Fsp3) is 0.980. The Kier molecular flexibility index (Phi) is 44.6. The Morgan fingerprint density at radius 2 is 0.611 bits per heavy atom. The number of rotatable bonds is 46. The molecule has 4 heteroatoms. The van der Waals surface area contributed by atoms with E-state index < -0.39 is 0 Å². The molecule has 0 heterocycles. The SMILES string of the molecule is CCCCCCCCCCCCCCCC(CCC(CCC(CCCCCCCCCCCCCCC)OCC)C(=O)OCCCCCCCC)OCC. The van der Waals surface area contributed by atoms with E-state index in [1.165, 1.54) is 193 Å². The number of carbonyl (C=O) groups is 1. The summed E-state index contributed by atoms with van der Waals surface area (Å²) in [7, 11) is 0. The molecule has 54 heavy (non-hydrogen) atoms. The highest BCUT2D eigenvalue weighted by Crippen LogP contribution is 2.25. The van der Waals surface area contributed by atoms with Crippen LogP contribution >= 0.6 is 0 Å². The predicted octanol–water partition coefficient (Wildman–Crippen LogP) is 16.8. The van der Waals surface area contributed by atoms with Crippen molar-refractivity contribution in [3.63, 3.8) is 0 Å². The zero-order chi connectivity index (χ0) is 39.4. The van der Waals surface area contributed by atoms with Gasteiger partial charge in [0.25, 0.3) is 0 Å². The van der Waals surface area contributed by atoms with Crippen LogP contribution in [0.3, 0.4) is 0 Å². The van der Waals surface area contributed by atoms with Crippen molar-refractivity contribution < 1.29 is 19.0 Å². The largest absolute Gasteiger partial charge is 0.465 e. The summed E-state index contributed by atoms with van der Waals surface area (Å²) in [6.07, 6.45) is 49.6. The van der Waals surface area contributed by atoms with Gasteiger partial charge in [-0.25, -0.2) is 0 Å². The van der Waals surface area contributed by atoms with Crippen LogP contribution in [0.15, 0.2) is 0 Å². The van der Waals surface area contributed by atoms with Crippen molar-refractivity contribution in [2.24, 2.45) is 5.92 Å². The summed E-state index contributed by atoms with van der Waals surface area (Å²) in [6.45, 7) is 13.2. The van der Waals surface area contributed by atoms with Gasteiger partial charge in [-0.05, 0) is 58.8 Å². The molecular formula is C50H100O4. The van der Waals surface area contributed by atoms with Gasteiger partial charge in [-0.3, -0.25) is 4.79 Å². The van der Waals surface area contributed by atoms with E-state index in [1.54, 1.807) is 0 Å². The maximum absolute atomic E-state index is 13.5. The second-order valence-corrected chi connectivity index (χ2v) is 17.0. The molecule has 0 aliphatic carbocycles. The highest BCUT2D eigenvalue weighted by atomic mass is 16.5. The standard InChI is InChI=1S/C50H100O4/c1-6-11-14-17-20-22-24-26-28-30-32-34-37-40-48(52-9-4)44-42-47(50(51)54-46-39-36-19-16-13-8-3)43-45-49(53-10-5)41-38-35-33-31-29-27-25-23-21-18-15-12-7-2/h47-49H,6-46H2,1-5H3. The Balaban J connectivity index is 4.63. The smallest absolute Gasteiger partial charge is 0.308 e. The van der Waals surface area contributed by atoms with Gasteiger partial charge in [-0.1, -0.05) is 220 Å². The Morgan fingerprint density at radius 3 is 0.907 bits per heavy atom. The summed E-state index contributed by atoms with van der Waals surface area (Å²) in [6, 6.07) is 0. The van der Waals surface area contributed by atoms with E-state index in [-0.39, 0.29) is 24.1 Å².